The first kappa shape index (κ1) is 6.95. The zero-order valence-corrected chi connectivity index (χ0v) is 6.86. The van der Waals surface area contributed by atoms with E-state index in [1.807, 2.05) is 0 Å². The number of nitrogens with zero attached hydrogens (tertiary/aromatic N) is 1. The van der Waals surface area contributed by atoms with E-state index >= 15 is 0 Å². The Morgan fingerprint density at radius 1 is 1.27 bits per heavy atom. The number of benzene rings is 1. The molecule has 1 heterocycles. The second-order valence-electron chi connectivity index (χ2n) is 2.09. The Labute approximate surface area is 72.7 Å². The van der Waals surface area contributed by atoms with Crippen molar-refractivity contribution in [2.75, 3.05) is 0 Å². The predicted molar refractivity (Wildman–Crippen MR) is 44.0 cm³/mol. The largest absolute Gasteiger partial charge is 0.442 e. The van der Waals surface area contributed by atoms with Gasteiger partial charge in [-0.25, -0.2) is 4.98 Å². The molecule has 0 aliphatic carbocycles. The molecule has 0 spiro atoms. The lowest BCUT2D eigenvalue weighted by Crippen LogP contribution is -1.69. The number of fused-ring (bicyclic) bond motifs is 1. The van der Waals surface area contributed by atoms with Crippen molar-refractivity contribution in [3.05, 3.63) is 28.6 Å². The summed E-state index contributed by atoms with van der Waals surface area (Å²) in [4.78, 5) is 3.90. The van der Waals surface area contributed by atoms with Crippen LogP contribution in [0.2, 0.25) is 10.0 Å². The Morgan fingerprint density at radius 2 is 2.09 bits per heavy atom. The Kier molecular flexibility index (Phi) is 1.51. The first-order valence-electron chi connectivity index (χ1n) is 2.95. The number of hydrogen-bond acceptors (Lipinski definition) is 2. The summed E-state index contributed by atoms with van der Waals surface area (Å²) in [6.07, 6.45) is 1.34. The lowest BCUT2D eigenvalue weighted by molar-refractivity contribution is 0.602. The Bertz CT molecular complexity index is 396. The smallest absolute Gasteiger partial charge is 0.182 e. The monoisotopic (exact) mass is 187 g/mol. The number of aromatic nitrogens is 1. The summed E-state index contributed by atoms with van der Waals surface area (Å²) < 4.78 is 5.00. The summed E-state index contributed by atoms with van der Waals surface area (Å²) in [5.41, 5.74) is 1.26. The normalized spacial score (nSPS) is 10.7. The van der Waals surface area contributed by atoms with Gasteiger partial charge in [0.15, 0.2) is 12.0 Å². The molecular formula is C7H3Cl2NO. The van der Waals surface area contributed by atoms with Crippen LogP contribution in [0.25, 0.3) is 11.1 Å². The molecule has 0 bridgehead atoms. The molecular weight excluding hydrogens is 185 g/mol. The predicted octanol–water partition coefficient (Wildman–Crippen LogP) is 3.13. The lowest BCUT2D eigenvalue weighted by Gasteiger charge is -1.91. The minimum Gasteiger partial charge on any atom is -0.442 e. The zero-order chi connectivity index (χ0) is 7.84. The molecule has 0 amide bonds. The van der Waals surface area contributed by atoms with E-state index in [2.05, 4.69) is 4.98 Å². The molecule has 0 aliphatic rings. The molecule has 0 saturated carbocycles. The molecule has 56 valence electrons. The van der Waals surface area contributed by atoms with E-state index in [-0.39, 0.29) is 0 Å². The SMILES string of the molecule is Clc1cc(Cl)c2ocnc2c1. The lowest BCUT2D eigenvalue weighted by atomic mass is 10.3. The fraction of sp³-hybridized carbons (Fsp3) is 0. The molecule has 0 radical (unpaired) electrons. The third-order valence-corrected chi connectivity index (χ3v) is 1.85. The van der Waals surface area contributed by atoms with E-state index in [0.717, 1.165) is 0 Å². The minimum atomic E-state index is 0.491. The summed E-state index contributed by atoms with van der Waals surface area (Å²) in [5, 5.41) is 1.06. The molecule has 2 rings (SSSR count). The summed E-state index contributed by atoms with van der Waals surface area (Å²) in [6, 6.07) is 3.32. The van der Waals surface area contributed by atoms with Gasteiger partial charge in [-0.15, -0.1) is 0 Å². The summed E-state index contributed by atoms with van der Waals surface area (Å²) >= 11 is 11.5. The summed E-state index contributed by atoms with van der Waals surface area (Å²) in [6.45, 7) is 0. The molecule has 0 saturated heterocycles. The van der Waals surface area contributed by atoms with Gasteiger partial charge in [0.2, 0.25) is 0 Å². The van der Waals surface area contributed by atoms with Crippen LogP contribution < -0.4 is 0 Å². The number of halogens is 2. The van der Waals surface area contributed by atoms with Gasteiger partial charge in [-0.1, -0.05) is 23.2 Å². The van der Waals surface area contributed by atoms with E-state index in [4.69, 9.17) is 27.6 Å². The first-order valence-corrected chi connectivity index (χ1v) is 3.71. The Balaban J connectivity index is 2.91. The highest BCUT2D eigenvalue weighted by molar-refractivity contribution is 6.37. The van der Waals surface area contributed by atoms with Gasteiger partial charge in [-0.05, 0) is 12.1 Å². The fourth-order valence-corrected chi connectivity index (χ4v) is 1.42. The zero-order valence-electron chi connectivity index (χ0n) is 5.34. The maximum Gasteiger partial charge on any atom is 0.182 e. The fourth-order valence-electron chi connectivity index (χ4n) is 0.895. The molecule has 2 nitrogen and oxygen atoms in total. The van der Waals surface area contributed by atoms with E-state index < -0.39 is 0 Å². The summed E-state index contributed by atoms with van der Waals surface area (Å²) in [5.74, 6) is 0. The van der Waals surface area contributed by atoms with Crippen molar-refractivity contribution in [3.63, 3.8) is 0 Å². The molecule has 1 aromatic heterocycles. The number of oxazole rings is 1. The van der Waals surface area contributed by atoms with Crippen molar-refractivity contribution in [2.24, 2.45) is 0 Å². The van der Waals surface area contributed by atoms with Crippen LogP contribution in [-0.4, -0.2) is 4.98 Å². The number of hydrogen-bond donors (Lipinski definition) is 0. The highest BCUT2D eigenvalue weighted by Gasteiger charge is 2.04. The van der Waals surface area contributed by atoms with Crippen LogP contribution in [0.15, 0.2) is 22.9 Å². The van der Waals surface area contributed by atoms with Crippen LogP contribution in [0.4, 0.5) is 0 Å². The van der Waals surface area contributed by atoms with Crippen LogP contribution in [0, 0.1) is 0 Å². The van der Waals surface area contributed by atoms with Gasteiger partial charge < -0.3 is 4.42 Å². The van der Waals surface area contributed by atoms with Gasteiger partial charge in [0.25, 0.3) is 0 Å². The topological polar surface area (TPSA) is 26.0 Å². The van der Waals surface area contributed by atoms with Crippen LogP contribution in [0.1, 0.15) is 0 Å². The van der Waals surface area contributed by atoms with Gasteiger partial charge in [0, 0.05) is 5.02 Å². The summed E-state index contributed by atoms with van der Waals surface area (Å²) in [7, 11) is 0. The molecule has 2 aromatic rings. The van der Waals surface area contributed by atoms with Gasteiger partial charge >= 0.3 is 0 Å². The molecule has 4 heteroatoms. The third kappa shape index (κ3) is 1.08. The quantitative estimate of drug-likeness (QED) is 0.634. The molecule has 0 atom stereocenters. The van der Waals surface area contributed by atoms with Crippen LogP contribution in [0.3, 0.4) is 0 Å². The van der Waals surface area contributed by atoms with E-state index in [1.165, 1.54) is 6.39 Å². The average molecular weight is 188 g/mol. The molecule has 0 fully saturated rings. The molecule has 11 heavy (non-hydrogen) atoms. The second-order valence-corrected chi connectivity index (χ2v) is 2.93. The van der Waals surface area contributed by atoms with Crippen molar-refractivity contribution in [1.82, 2.24) is 4.98 Å². The van der Waals surface area contributed by atoms with Crippen molar-refractivity contribution in [2.45, 2.75) is 0 Å². The average Bonchev–Trinajstić information content (AvgIpc) is 2.34. The van der Waals surface area contributed by atoms with Crippen LogP contribution in [-0.2, 0) is 0 Å². The Morgan fingerprint density at radius 3 is 2.91 bits per heavy atom. The van der Waals surface area contributed by atoms with Crippen LogP contribution in [0.5, 0.6) is 0 Å². The third-order valence-electron chi connectivity index (χ3n) is 1.35. The van der Waals surface area contributed by atoms with Crippen molar-refractivity contribution in [3.8, 4) is 0 Å². The van der Waals surface area contributed by atoms with Gasteiger partial charge in [-0.2, -0.15) is 0 Å². The number of rotatable bonds is 0. The maximum absolute atomic E-state index is 5.79. The second kappa shape index (κ2) is 2.40. The van der Waals surface area contributed by atoms with Crippen LogP contribution >= 0.6 is 23.2 Å². The maximum atomic E-state index is 5.79. The molecule has 0 N–H and O–H groups in total. The van der Waals surface area contributed by atoms with Crippen molar-refractivity contribution >= 4 is 34.3 Å². The highest BCUT2D eigenvalue weighted by atomic mass is 35.5. The highest BCUT2D eigenvalue weighted by Crippen LogP contribution is 2.26. The molecule has 0 unspecified atom stereocenters. The van der Waals surface area contributed by atoms with E-state index in [0.29, 0.717) is 21.1 Å². The molecule has 0 aliphatic heterocycles. The van der Waals surface area contributed by atoms with Gasteiger partial charge in [-0.3, -0.25) is 0 Å². The first-order chi connectivity index (χ1) is 5.27. The molecule has 1 aromatic carbocycles. The standard InChI is InChI=1S/C7H3Cl2NO/c8-4-1-5(9)7-6(2-4)10-3-11-7/h1-3H. The van der Waals surface area contributed by atoms with Gasteiger partial charge in [0.1, 0.15) is 5.52 Å². The van der Waals surface area contributed by atoms with E-state index in [9.17, 15) is 0 Å². The Hall–Kier alpha value is -0.730. The van der Waals surface area contributed by atoms with E-state index in [1.54, 1.807) is 12.1 Å². The van der Waals surface area contributed by atoms with Gasteiger partial charge in [0.05, 0.1) is 5.02 Å². The van der Waals surface area contributed by atoms with Crippen molar-refractivity contribution in [1.29, 1.82) is 0 Å². The minimum absolute atomic E-state index is 0.491. The van der Waals surface area contributed by atoms with Crippen molar-refractivity contribution < 1.29 is 4.42 Å².